The number of aromatic nitrogens is 1. The van der Waals surface area contributed by atoms with E-state index in [1.807, 2.05) is 49.8 Å². The second-order valence-corrected chi connectivity index (χ2v) is 7.61. The van der Waals surface area contributed by atoms with Gasteiger partial charge in [0.1, 0.15) is 17.2 Å². The van der Waals surface area contributed by atoms with Gasteiger partial charge in [0.25, 0.3) is 0 Å². The van der Waals surface area contributed by atoms with E-state index < -0.39 is 5.72 Å². The molecule has 0 saturated heterocycles. The van der Waals surface area contributed by atoms with Crippen molar-refractivity contribution < 1.29 is 9.47 Å². The monoisotopic (exact) mass is 359 g/mol. The Balaban J connectivity index is 1.70. The van der Waals surface area contributed by atoms with Crippen molar-refractivity contribution in [1.29, 1.82) is 0 Å². The van der Waals surface area contributed by atoms with Crippen molar-refractivity contribution in [3.05, 3.63) is 54.4 Å². The van der Waals surface area contributed by atoms with Crippen molar-refractivity contribution in [2.45, 2.75) is 25.0 Å². The summed E-state index contributed by atoms with van der Waals surface area (Å²) in [4.78, 5) is 11.7. The first-order chi connectivity index (χ1) is 13.0. The molecule has 0 bridgehead atoms. The zero-order valence-electron chi connectivity index (χ0n) is 15.9. The van der Waals surface area contributed by atoms with Crippen molar-refractivity contribution in [1.82, 2.24) is 4.98 Å². The zero-order valence-corrected chi connectivity index (χ0v) is 15.9. The summed E-state index contributed by atoms with van der Waals surface area (Å²) >= 11 is 0. The van der Waals surface area contributed by atoms with Gasteiger partial charge in [-0.25, -0.2) is 0 Å². The Hall–Kier alpha value is -3.08. The third-order valence-corrected chi connectivity index (χ3v) is 5.93. The van der Waals surface area contributed by atoms with E-state index in [9.17, 15) is 0 Å². The second-order valence-electron chi connectivity index (χ2n) is 7.61. The third kappa shape index (κ3) is 1.94. The van der Waals surface area contributed by atoms with Gasteiger partial charge in [-0.15, -0.1) is 0 Å². The molecule has 0 amide bonds. The maximum absolute atomic E-state index is 6.67. The van der Waals surface area contributed by atoms with E-state index in [4.69, 9.17) is 14.5 Å². The average Bonchev–Trinajstić information content (AvgIpc) is 2.86. The Morgan fingerprint density at radius 2 is 1.93 bits per heavy atom. The highest BCUT2D eigenvalue weighted by Gasteiger charge is 2.59. The van der Waals surface area contributed by atoms with Gasteiger partial charge >= 0.3 is 0 Å². The first-order valence-corrected chi connectivity index (χ1v) is 9.02. The van der Waals surface area contributed by atoms with Crippen molar-refractivity contribution in [2.75, 3.05) is 19.1 Å². The van der Waals surface area contributed by atoms with Crippen LogP contribution in [0, 0.1) is 0 Å². The van der Waals surface area contributed by atoms with Gasteiger partial charge in [-0.3, -0.25) is 9.98 Å². The number of benzene rings is 2. The first kappa shape index (κ1) is 16.1. The van der Waals surface area contributed by atoms with Crippen molar-refractivity contribution >= 4 is 28.4 Å². The molecular formula is C22H21N3O2. The number of hydrogen-bond donors (Lipinski definition) is 0. The number of aliphatic imine (C=N–C) groups is 1. The summed E-state index contributed by atoms with van der Waals surface area (Å²) in [5.41, 5.74) is 1.85. The molecular weight excluding hydrogens is 338 g/mol. The lowest BCUT2D eigenvalue weighted by Crippen LogP contribution is -2.61. The summed E-state index contributed by atoms with van der Waals surface area (Å²) in [5.74, 6) is 1.58. The molecule has 0 N–H and O–H groups in total. The molecule has 1 spiro atoms. The van der Waals surface area contributed by atoms with Crippen molar-refractivity contribution in [2.24, 2.45) is 4.99 Å². The maximum atomic E-state index is 6.67. The summed E-state index contributed by atoms with van der Waals surface area (Å²) in [5, 5.41) is 2.13. The molecule has 2 aliphatic heterocycles. The van der Waals surface area contributed by atoms with Crippen LogP contribution >= 0.6 is 0 Å². The van der Waals surface area contributed by atoms with Crippen LogP contribution in [0.15, 0.2) is 53.7 Å². The van der Waals surface area contributed by atoms with Gasteiger partial charge in [0, 0.05) is 18.6 Å². The number of fused-ring (bicyclic) bond motifs is 4. The quantitative estimate of drug-likeness (QED) is 0.643. The fraction of sp³-hybridized carbons (Fsp3) is 0.273. The lowest BCUT2D eigenvalue weighted by Gasteiger charge is -2.44. The Morgan fingerprint density at radius 3 is 2.70 bits per heavy atom. The molecule has 0 radical (unpaired) electrons. The van der Waals surface area contributed by atoms with Gasteiger partial charge in [0.2, 0.25) is 5.72 Å². The van der Waals surface area contributed by atoms with Gasteiger partial charge in [-0.2, -0.15) is 0 Å². The number of anilines is 1. The predicted molar refractivity (Wildman–Crippen MR) is 108 cm³/mol. The molecule has 2 aromatic carbocycles. The van der Waals surface area contributed by atoms with Gasteiger partial charge in [0.05, 0.1) is 30.1 Å². The van der Waals surface area contributed by atoms with Crippen LogP contribution < -0.4 is 14.4 Å². The normalized spacial score (nSPS) is 21.9. The molecule has 3 aromatic rings. The fourth-order valence-corrected chi connectivity index (χ4v) is 4.31. The Kier molecular flexibility index (Phi) is 3.12. The molecule has 1 atom stereocenters. The van der Waals surface area contributed by atoms with Crippen molar-refractivity contribution in [3.8, 4) is 11.5 Å². The Bertz CT molecular complexity index is 1110. The SMILES string of the molecule is COc1ccc2ccc3c(c2c1)N=CC1(O3)N(C)c2cccnc2C1(C)C. The molecule has 0 aliphatic carbocycles. The van der Waals surface area contributed by atoms with E-state index in [1.54, 1.807) is 7.11 Å². The van der Waals surface area contributed by atoms with E-state index in [-0.39, 0.29) is 5.41 Å². The smallest absolute Gasteiger partial charge is 0.230 e. The Labute approximate surface area is 158 Å². The summed E-state index contributed by atoms with van der Waals surface area (Å²) in [6, 6.07) is 14.1. The number of rotatable bonds is 1. The van der Waals surface area contributed by atoms with E-state index in [1.165, 1.54) is 0 Å². The highest BCUT2D eigenvalue weighted by atomic mass is 16.5. The van der Waals surface area contributed by atoms with E-state index in [2.05, 4.69) is 35.9 Å². The molecule has 5 rings (SSSR count). The summed E-state index contributed by atoms with van der Waals surface area (Å²) < 4.78 is 12.1. The van der Waals surface area contributed by atoms with Crippen LogP contribution in [0.25, 0.3) is 10.8 Å². The van der Waals surface area contributed by atoms with E-state index >= 15 is 0 Å². The minimum Gasteiger partial charge on any atom is -0.497 e. The molecule has 0 saturated carbocycles. The molecule has 3 heterocycles. The lowest BCUT2D eigenvalue weighted by molar-refractivity contribution is 0.0811. The highest BCUT2D eigenvalue weighted by Crippen LogP contribution is 2.53. The van der Waals surface area contributed by atoms with Crippen molar-refractivity contribution in [3.63, 3.8) is 0 Å². The average molecular weight is 359 g/mol. The first-order valence-electron chi connectivity index (χ1n) is 9.02. The predicted octanol–water partition coefficient (Wildman–Crippen LogP) is 4.46. The number of ether oxygens (including phenoxy) is 2. The largest absolute Gasteiger partial charge is 0.497 e. The van der Waals surface area contributed by atoms with Gasteiger partial charge < -0.3 is 14.4 Å². The van der Waals surface area contributed by atoms with Gasteiger partial charge in [-0.1, -0.05) is 12.1 Å². The van der Waals surface area contributed by atoms with Crippen LogP contribution in [0.1, 0.15) is 19.5 Å². The van der Waals surface area contributed by atoms with Crippen LogP contribution in [0.5, 0.6) is 11.5 Å². The number of methoxy groups -OCH3 is 1. The number of pyridine rings is 1. The molecule has 136 valence electrons. The molecule has 0 fully saturated rings. The maximum Gasteiger partial charge on any atom is 0.230 e. The van der Waals surface area contributed by atoms with Crippen LogP contribution in [-0.2, 0) is 5.41 Å². The van der Waals surface area contributed by atoms with Crippen LogP contribution in [0.4, 0.5) is 11.4 Å². The Morgan fingerprint density at radius 1 is 1.11 bits per heavy atom. The summed E-state index contributed by atoms with van der Waals surface area (Å²) in [6.07, 6.45) is 3.76. The summed E-state index contributed by atoms with van der Waals surface area (Å²) in [6.45, 7) is 4.31. The molecule has 2 aliphatic rings. The van der Waals surface area contributed by atoms with Crippen LogP contribution in [-0.4, -0.2) is 31.1 Å². The fourth-order valence-electron chi connectivity index (χ4n) is 4.31. The molecule has 5 heteroatoms. The molecule has 5 nitrogen and oxygen atoms in total. The van der Waals surface area contributed by atoms with Crippen LogP contribution in [0.2, 0.25) is 0 Å². The molecule has 1 unspecified atom stereocenters. The lowest BCUT2D eigenvalue weighted by atomic mass is 9.80. The van der Waals surface area contributed by atoms with E-state index in [0.29, 0.717) is 0 Å². The number of nitrogens with zero attached hydrogens (tertiary/aromatic N) is 3. The van der Waals surface area contributed by atoms with E-state index in [0.717, 1.165) is 39.3 Å². The number of likely N-dealkylation sites (N-methyl/N-ethyl adjacent to an activating group) is 1. The minimum atomic E-state index is -0.719. The highest BCUT2D eigenvalue weighted by molar-refractivity contribution is 6.00. The summed E-state index contributed by atoms with van der Waals surface area (Å²) in [7, 11) is 3.71. The third-order valence-electron chi connectivity index (χ3n) is 5.93. The van der Waals surface area contributed by atoms with Gasteiger partial charge in [0.15, 0.2) is 0 Å². The minimum absolute atomic E-state index is 0.358. The second kappa shape index (κ2) is 5.22. The molecule has 27 heavy (non-hydrogen) atoms. The molecule has 1 aromatic heterocycles. The standard InChI is InChI=1S/C22H21N3O2/c1-21(2)20-17(6-5-11-23-20)25(3)22(21)13-24-19-16-12-15(26-4)9-7-14(16)8-10-18(19)27-22/h5-13H,1-4H3. The number of hydrogen-bond acceptors (Lipinski definition) is 5. The topological polar surface area (TPSA) is 47.0 Å². The zero-order chi connectivity index (χ0) is 18.8. The van der Waals surface area contributed by atoms with Crippen LogP contribution in [0.3, 0.4) is 0 Å². The van der Waals surface area contributed by atoms with Gasteiger partial charge in [-0.05, 0) is 49.6 Å².